The van der Waals surface area contributed by atoms with Crippen molar-refractivity contribution in [1.82, 2.24) is 0 Å². The van der Waals surface area contributed by atoms with Crippen molar-refractivity contribution in [3.63, 3.8) is 0 Å². The minimum absolute atomic E-state index is 0.558. The van der Waals surface area contributed by atoms with E-state index in [1.165, 1.54) is 0 Å². The summed E-state index contributed by atoms with van der Waals surface area (Å²) in [5, 5.41) is 0. The zero-order valence-corrected chi connectivity index (χ0v) is 8.78. The molecule has 0 aliphatic carbocycles. The maximum atomic E-state index is 5.66. The van der Waals surface area contributed by atoms with Gasteiger partial charge in [-0.25, -0.2) is 0 Å². The third kappa shape index (κ3) is 3.33. The molecule has 0 radical (unpaired) electrons. The first-order chi connectivity index (χ1) is 5.88. The molecular formula is C10H13ClS. The van der Waals surface area contributed by atoms with Crippen molar-refractivity contribution in [2.45, 2.75) is 5.88 Å². The molecule has 0 amide bonds. The van der Waals surface area contributed by atoms with Crippen LogP contribution in [0.5, 0.6) is 0 Å². The maximum Gasteiger partial charge on any atom is 0.0479 e. The second kappa shape index (κ2) is 7.26. The van der Waals surface area contributed by atoms with Crippen molar-refractivity contribution in [2.75, 3.05) is 6.26 Å². The monoisotopic (exact) mass is 200 g/mol. The van der Waals surface area contributed by atoms with Crippen molar-refractivity contribution in [2.24, 2.45) is 0 Å². The van der Waals surface area contributed by atoms with Crippen LogP contribution in [0.4, 0.5) is 0 Å². The van der Waals surface area contributed by atoms with Crippen molar-refractivity contribution in [3.05, 3.63) is 42.0 Å². The molecule has 0 atom stereocenters. The van der Waals surface area contributed by atoms with Crippen LogP contribution in [0.3, 0.4) is 0 Å². The SMILES string of the molecule is C=Cc1ccccc1CCl.CS. The fourth-order valence-corrected chi connectivity index (χ4v) is 1.10. The van der Waals surface area contributed by atoms with Crippen LogP contribution in [0.15, 0.2) is 30.8 Å². The molecule has 0 aliphatic heterocycles. The molecule has 1 aromatic carbocycles. The standard InChI is InChI=1S/C9H9Cl.CH4S/c1-2-8-5-3-4-6-9(8)7-10;1-2/h2-6H,1,7H2;2H,1H3. The van der Waals surface area contributed by atoms with Crippen molar-refractivity contribution in [1.29, 1.82) is 0 Å². The molecule has 1 aromatic rings. The topological polar surface area (TPSA) is 0 Å². The van der Waals surface area contributed by atoms with E-state index >= 15 is 0 Å². The van der Waals surface area contributed by atoms with E-state index in [1.807, 2.05) is 30.3 Å². The van der Waals surface area contributed by atoms with Gasteiger partial charge in [0, 0.05) is 5.88 Å². The Bertz CT molecular complexity index is 233. The van der Waals surface area contributed by atoms with Crippen molar-refractivity contribution in [3.8, 4) is 0 Å². The Kier molecular flexibility index (Phi) is 7.02. The number of hydrogen-bond donors (Lipinski definition) is 1. The normalized spacial score (nSPS) is 8.25. The van der Waals surface area contributed by atoms with Gasteiger partial charge in [0.05, 0.1) is 0 Å². The summed E-state index contributed by atoms with van der Waals surface area (Å²) in [6.45, 7) is 3.68. The summed E-state index contributed by atoms with van der Waals surface area (Å²) in [6.07, 6.45) is 3.51. The van der Waals surface area contributed by atoms with Gasteiger partial charge in [-0.3, -0.25) is 0 Å². The average Bonchev–Trinajstić information content (AvgIpc) is 2.20. The van der Waals surface area contributed by atoms with Crippen LogP contribution in [0.2, 0.25) is 0 Å². The molecule has 0 heterocycles. The predicted octanol–water partition coefficient (Wildman–Crippen LogP) is 3.61. The van der Waals surface area contributed by atoms with Crippen LogP contribution < -0.4 is 0 Å². The largest absolute Gasteiger partial charge is 0.183 e. The second-order valence-corrected chi connectivity index (χ2v) is 2.30. The highest BCUT2D eigenvalue weighted by Gasteiger charge is 1.93. The fraction of sp³-hybridized carbons (Fsp3) is 0.200. The summed E-state index contributed by atoms with van der Waals surface area (Å²) < 4.78 is 0. The molecule has 0 aliphatic rings. The Labute approximate surface area is 84.7 Å². The van der Waals surface area contributed by atoms with Crippen LogP contribution in [0.25, 0.3) is 6.08 Å². The van der Waals surface area contributed by atoms with Gasteiger partial charge < -0.3 is 0 Å². The minimum Gasteiger partial charge on any atom is -0.183 e. The van der Waals surface area contributed by atoms with Gasteiger partial charge in [0.15, 0.2) is 0 Å². The summed E-state index contributed by atoms with van der Waals surface area (Å²) in [5.41, 5.74) is 2.26. The van der Waals surface area contributed by atoms with Gasteiger partial charge in [-0.05, 0) is 17.4 Å². The Morgan fingerprint density at radius 2 is 2.00 bits per heavy atom. The second-order valence-electron chi connectivity index (χ2n) is 2.04. The first-order valence-corrected chi connectivity index (χ1v) is 5.02. The molecular weight excluding hydrogens is 188 g/mol. The van der Waals surface area contributed by atoms with Gasteiger partial charge in [0.1, 0.15) is 0 Å². The lowest BCUT2D eigenvalue weighted by Crippen LogP contribution is -1.81. The lowest BCUT2D eigenvalue weighted by atomic mass is 10.1. The molecule has 0 saturated heterocycles. The highest BCUT2D eigenvalue weighted by molar-refractivity contribution is 7.79. The summed E-state index contributed by atoms with van der Waals surface area (Å²) in [4.78, 5) is 0. The number of rotatable bonds is 2. The van der Waals surface area contributed by atoms with Crippen LogP contribution in [-0.4, -0.2) is 6.26 Å². The number of hydrogen-bond acceptors (Lipinski definition) is 1. The van der Waals surface area contributed by atoms with E-state index in [2.05, 4.69) is 19.2 Å². The quantitative estimate of drug-likeness (QED) is 0.547. The van der Waals surface area contributed by atoms with E-state index in [1.54, 1.807) is 6.26 Å². The highest BCUT2D eigenvalue weighted by atomic mass is 35.5. The van der Waals surface area contributed by atoms with Gasteiger partial charge >= 0.3 is 0 Å². The molecule has 0 aromatic heterocycles. The lowest BCUT2D eigenvalue weighted by Gasteiger charge is -1.98. The lowest BCUT2D eigenvalue weighted by molar-refractivity contribution is 1.38. The summed E-state index contributed by atoms with van der Waals surface area (Å²) in [6, 6.07) is 7.96. The van der Waals surface area contributed by atoms with E-state index in [4.69, 9.17) is 11.6 Å². The molecule has 0 nitrogen and oxygen atoms in total. The number of halogens is 1. The number of thiol groups is 1. The third-order valence-corrected chi connectivity index (χ3v) is 1.71. The van der Waals surface area contributed by atoms with E-state index < -0.39 is 0 Å². The Morgan fingerprint density at radius 1 is 1.42 bits per heavy atom. The molecule has 0 saturated carbocycles. The first kappa shape index (κ1) is 11.6. The van der Waals surface area contributed by atoms with Gasteiger partial charge in [-0.1, -0.05) is 36.9 Å². The first-order valence-electron chi connectivity index (χ1n) is 3.59. The van der Waals surface area contributed by atoms with Crippen molar-refractivity contribution >= 4 is 30.3 Å². The van der Waals surface area contributed by atoms with Crippen LogP contribution >= 0.6 is 24.2 Å². The Balaban J connectivity index is 0.000000561. The van der Waals surface area contributed by atoms with Crippen LogP contribution in [-0.2, 0) is 5.88 Å². The number of benzene rings is 1. The zero-order valence-electron chi connectivity index (χ0n) is 7.13. The fourth-order valence-electron chi connectivity index (χ4n) is 0.855. The molecule has 0 unspecified atom stereocenters. The van der Waals surface area contributed by atoms with Crippen LogP contribution in [0.1, 0.15) is 11.1 Å². The molecule has 1 rings (SSSR count). The minimum atomic E-state index is 0.558. The molecule has 2 heteroatoms. The molecule has 0 N–H and O–H groups in total. The third-order valence-electron chi connectivity index (χ3n) is 1.42. The van der Waals surface area contributed by atoms with Crippen molar-refractivity contribution < 1.29 is 0 Å². The average molecular weight is 201 g/mol. The summed E-state index contributed by atoms with van der Waals surface area (Å²) in [7, 11) is 0. The number of alkyl halides is 1. The van der Waals surface area contributed by atoms with Gasteiger partial charge in [0.25, 0.3) is 0 Å². The maximum absolute atomic E-state index is 5.66. The Morgan fingerprint density at radius 3 is 2.42 bits per heavy atom. The molecule has 66 valence electrons. The summed E-state index contributed by atoms with van der Waals surface area (Å²) in [5.74, 6) is 0.558. The Hall–Kier alpha value is -0.400. The highest BCUT2D eigenvalue weighted by Crippen LogP contribution is 2.11. The molecule has 0 bridgehead atoms. The van der Waals surface area contributed by atoms with E-state index in [0.717, 1.165) is 11.1 Å². The van der Waals surface area contributed by atoms with Gasteiger partial charge in [-0.15, -0.1) is 11.6 Å². The van der Waals surface area contributed by atoms with E-state index in [0.29, 0.717) is 5.88 Å². The molecule has 0 fully saturated rings. The molecule has 12 heavy (non-hydrogen) atoms. The van der Waals surface area contributed by atoms with Crippen LogP contribution in [0, 0.1) is 0 Å². The van der Waals surface area contributed by atoms with E-state index in [9.17, 15) is 0 Å². The predicted molar refractivity (Wildman–Crippen MR) is 61.0 cm³/mol. The van der Waals surface area contributed by atoms with Gasteiger partial charge in [0.2, 0.25) is 0 Å². The van der Waals surface area contributed by atoms with Gasteiger partial charge in [-0.2, -0.15) is 12.6 Å². The summed E-state index contributed by atoms with van der Waals surface area (Å²) >= 11 is 9.19. The molecule has 0 spiro atoms. The zero-order chi connectivity index (χ0) is 9.40. The van der Waals surface area contributed by atoms with E-state index in [-0.39, 0.29) is 0 Å². The smallest absolute Gasteiger partial charge is 0.0479 e.